The number of rotatable bonds is 3. The number of piperidine rings is 1. The first-order valence-electron chi connectivity index (χ1n) is 9.56. The molecule has 0 aliphatic carbocycles. The van der Waals surface area contributed by atoms with Gasteiger partial charge in [-0.3, -0.25) is 0 Å². The normalized spacial score (nSPS) is 17.9. The number of benzene rings is 2. The van der Waals surface area contributed by atoms with Crippen molar-refractivity contribution in [2.75, 3.05) is 13.1 Å². The average molecular weight is 391 g/mol. The van der Waals surface area contributed by atoms with Crippen molar-refractivity contribution in [2.45, 2.75) is 23.7 Å². The van der Waals surface area contributed by atoms with Gasteiger partial charge in [-0.1, -0.05) is 30.3 Å². The van der Waals surface area contributed by atoms with Crippen molar-refractivity contribution in [3.8, 4) is 0 Å². The van der Waals surface area contributed by atoms with Crippen molar-refractivity contribution in [1.29, 1.82) is 0 Å². The third-order valence-corrected chi connectivity index (χ3v) is 7.22. The summed E-state index contributed by atoms with van der Waals surface area (Å²) in [6, 6.07) is 16.9. The third-order valence-electron chi connectivity index (χ3n) is 5.58. The molecule has 3 heterocycles. The summed E-state index contributed by atoms with van der Waals surface area (Å²) < 4.78 is 28.3. The Labute approximate surface area is 164 Å². The first-order valence-corrected chi connectivity index (χ1v) is 11.0. The average Bonchev–Trinajstić information content (AvgIpc) is 3.14. The lowest BCUT2D eigenvalue weighted by Crippen LogP contribution is -2.28. The van der Waals surface area contributed by atoms with E-state index < -0.39 is 10.0 Å². The highest BCUT2D eigenvalue weighted by molar-refractivity contribution is 7.90. The van der Waals surface area contributed by atoms with Gasteiger partial charge in [-0.15, -0.1) is 0 Å². The van der Waals surface area contributed by atoms with Gasteiger partial charge < -0.3 is 5.32 Å². The number of hydrogen-bond acceptors (Lipinski definition) is 4. The van der Waals surface area contributed by atoms with Crippen LogP contribution in [0.5, 0.6) is 0 Å². The fourth-order valence-electron chi connectivity index (χ4n) is 4.12. The van der Waals surface area contributed by atoms with Crippen LogP contribution in [0.3, 0.4) is 0 Å². The van der Waals surface area contributed by atoms with E-state index in [9.17, 15) is 8.42 Å². The molecule has 0 radical (unpaired) electrons. The van der Waals surface area contributed by atoms with Crippen molar-refractivity contribution in [3.63, 3.8) is 0 Å². The van der Waals surface area contributed by atoms with E-state index in [1.807, 2.05) is 42.5 Å². The molecule has 1 saturated heterocycles. The van der Waals surface area contributed by atoms with E-state index in [0.29, 0.717) is 11.6 Å². The minimum Gasteiger partial charge on any atom is -0.316 e. The Balaban J connectivity index is 1.68. The molecule has 6 heteroatoms. The van der Waals surface area contributed by atoms with Crippen LogP contribution in [0.4, 0.5) is 0 Å². The van der Waals surface area contributed by atoms with E-state index in [-0.39, 0.29) is 4.90 Å². The molecule has 1 unspecified atom stereocenters. The highest BCUT2D eigenvalue weighted by Crippen LogP contribution is 2.33. The minimum absolute atomic E-state index is 0.280. The Hall–Kier alpha value is -2.70. The summed E-state index contributed by atoms with van der Waals surface area (Å²) in [4.78, 5) is 4.69. The highest BCUT2D eigenvalue weighted by atomic mass is 32.2. The molecule has 1 atom stereocenters. The molecule has 4 aromatic rings. The summed E-state index contributed by atoms with van der Waals surface area (Å²) in [7, 11) is -3.74. The summed E-state index contributed by atoms with van der Waals surface area (Å²) in [5.41, 5.74) is 1.55. The van der Waals surface area contributed by atoms with E-state index in [2.05, 4.69) is 10.3 Å². The molecule has 1 aliphatic heterocycles. The number of nitrogens with zero attached hydrogens (tertiary/aromatic N) is 2. The molecule has 0 spiro atoms. The zero-order valence-corrected chi connectivity index (χ0v) is 16.2. The topological polar surface area (TPSA) is 64.0 Å². The van der Waals surface area contributed by atoms with Crippen molar-refractivity contribution in [3.05, 3.63) is 72.6 Å². The predicted octanol–water partition coefficient (Wildman–Crippen LogP) is 3.89. The fourth-order valence-corrected chi connectivity index (χ4v) is 5.49. The van der Waals surface area contributed by atoms with Gasteiger partial charge in [0.05, 0.1) is 4.90 Å². The lowest BCUT2D eigenvalue weighted by atomic mass is 9.92. The van der Waals surface area contributed by atoms with Crippen LogP contribution in [-0.2, 0) is 10.0 Å². The van der Waals surface area contributed by atoms with Gasteiger partial charge in [0, 0.05) is 24.3 Å². The van der Waals surface area contributed by atoms with Crippen LogP contribution in [0, 0.1) is 0 Å². The lowest BCUT2D eigenvalue weighted by Gasteiger charge is -2.22. The quantitative estimate of drug-likeness (QED) is 0.575. The monoisotopic (exact) mass is 391 g/mol. The van der Waals surface area contributed by atoms with Gasteiger partial charge in [-0.2, -0.15) is 0 Å². The number of hydrogen-bond donors (Lipinski definition) is 1. The number of pyridine rings is 1. The third kappa shape index (κ3) is 2.80. The Bertz CT molecular complexity index is 1270. The first kappa shape index (κ1) is 17.4. The van der Waals surface area contributed by atoms with Gasteiger partial charge in [0.25, 0.3) is 10.0 Å². The number of aromatic nitrogens is 2. The Morgan fingerprint density at radius 2 is 1.89 bits per heavy atom. The maximum Gasteiger partial charge on any atom is 0.269 e. The molecular weight excluding hydrogens is 370 g/mol. The molecule has 0 saturated carbocycles. The standard InChI is InChI=1S/C22H21N3O2S/c26-28(27,19-10-9-16-5-1-2-6-17(16)13-19)25-15-21(18-7-3-11-23-14-18)20-8-4-12-24-22(20)25/h1-2,4-6,8-10,12-13,15,18,23H,3,7,11,14H2. The zero-order chi connectivity index (χ0) is 19.1. The summed E-state index contributed by atoms with van der Waals surface area (Å²) >= 11 is 0. The number of nitrogens with one attached hydrogen (secondary N) is 1. The van der Waals surface area contributed by atoms with E-state index >= 15 is 0 Å². The minimum atomic E-state index is -3.74. The second-order valence-electron chi connectivity index (χ2n) is 7.31. The lowest BCUT2D eigenvalue weighted by molar-refractivity contribution is 0.463. The maximum absolute atomic E-state index is 13.5. The molecule has 2 aromatic heterocycles. The largest absolute Gasteiger partial charge is 0.316 e. The van der Waals surface area contributed by atoms with Crippen LogP contribution in [0.1, 0.15) is 24.3 Å². The van der Waals surface area contributed by atoms with Gasteiger partial charge in [0.1, 0.15) is 0 Å². The van der Waals surface area contributed by atoms with Gasteiger partial charge in [0.15, 0.2) is 5.65 Å². The molecule has 2 aromatic carbocycles. The molecule has 28 heavy (non-hydrogen) atoms. The predicted molar refractivity (Wildman–Crippen MR) is 111 cm³/mol. The number of fused-ring (bicyclic) bond motifs is 2. The molecule has 5 nitrogen and oxygen atoms in total. The highest BCUT2D eigenvalue weighted by Gasteiger charge is 2.26. The molecule has 5 rings (SSSR count). The summed E-state index contributed by atoms with van der Waals surface area (Å²) in [5.74, 6) is 0.300. The van der Waals surface area contributed by atoms with E-state index in [4.69, 9.17) is 0 Å². The van der Waals surface area contributed by atoms with Crippen LogP contribution in [0.25, 0.3) is 21.8 Å². The van der Waals surface area contributed by atoms with Crippen molar-refractivity contribution in [2.24, 2.45) is 0 Å². The van der Waals surface area contributed by atoms with Gasteiger partial charge in [-0.25, -0.2) is 17.4 Å². The molecule has 142 valence electrons. The summed E-state index contributed by atoms with van der Waals surface area (Å²) in [6.07, 6.45) is 5.57. The van der Waals surface area contributed by atoms with E-state index in [1.54, 1.807) is 24.5 Å². The molecular formula is C22H21N3O2S. The van der Waals surface area contributed by atoms with Gasteiger partial charge in [0.2, 0.25) is 0 Å². The van der Waals surface area contributed by atoms with Crippen LogP contribution in [0.15, 0.2) is 71.9 Å². The van der Waals surface area contributed by atoms with Crippen LogP contribution < -0.4 is 5.32 Å². The Morgan fingerprint density at radius 1 is 1.04 bits per heavy atom. The maximum atomic E-state index is 13.5. The molecule has 1 fully saturated rings. The van der Waals surface area contributed by atoms with Crippen LogP contribution in [0.2, 0.25) is 0 Å². The second kappa shape index (κ2) is 6.72. The van der Waals surface area contributed by atoms with Crippen molar-refractivity contribution in [1.82, 2.24) is 14.3 Å². The van der Waals surface area contributed by atoms with Crippen LogP contribution >= 0.6 is 0 Å². The molecule has 0 amide bonds. The molecule has 1 N–H and O–H groups in total. The van der Waals surface area contributed by atoms with Crippen LogP contribution in [-0.4, -0.2) is 30.5 Å². The molecule has 0 bridgehead atoms. The Morgan fingerprint density at radius 3 is 2.71 bits per heavy atom. The molecule has 1 aliphatic rings. The van der Waals surface area contributed by atoms with Crippen molar-refractivity contribution >= 4 is 31.8 Å². The summed E-state index contributed by atoms with van der Waals surface area (Å²) in [5, 5.41) is 6.26. The second-order valence-corrected chi connectivity index (χ2v) is 9.13. The zero-order valence-electron chi connectivity index (χ0n) is 15.4. The fraction of sp³-hybridized carbons (Fsp3) is 0.227. The van der Waals surface area contributed by atoms with E-state index in [0.717, 1.165) is 47.7 Å². The van der Waals surface area contributed by atoms with Gasteiger partial charge >= 0.3 is 0 Å². The van der Waals surface area contributed by atoms with Gasteiger partial charge in [-0.05, 0) is 65.9 Å². The summed E-state index contributed by atoms with van der Waals surface area (Å²) in [6.45, 7) is 1.88. The van der Waals surface area contributed by atoms with E-state index in [1.165, 1.54) is 3.97 Å². The van der Waals surface area contributed by atoms with Crippen molar-refractivity contribution < 1.29 is 8.42 Å². The smallest absolute Gasteiger partial charge is 0.269 e. The Kier molecular flexibility index (Phi) is 4.18. The SMILES string of the molecule is O=S(=O)(c1ccc2ccccc2c1)n1cc(C2CCCNC2)c2cccnc21. The first-order chi connectivity index (χ1) is 13.6.